The number of primary amides is 2. The molecule has 12 aromatic rings. The number of aryl methyl sites for hydroxylation is 3. The molecule has 4 aliphatic heterocycles. The predicted octanol–water partition coefficient (Wildman–Crippen LogP) is 12.1. The fraction of sp³-hybridized carbons (Fsp3) is 0.280. The van der Waals surface area contributed by atoms with Crippen molar-refractivity contribution < 1.29 is 43.9 Å². The highest BCUT2D eigenvalue weighted by atomic mass is 127. The van der Waals surface area contributed by atoms with Gasteiger partial charge in [-0.05, 0) is 189 Å². The number of fused-ring (bicyclic) bond motifs is 12. The number of imidazole rings is 8. The Labute approximate surface area is 688 Å². The van der Waals surface area contributed by atoms with Gasteiger partial charge in [0.2, 0.25) is 0 Å². The molecule has 0 fully saturated rings. The van der Waals surface area contributed by atoms with E-state index in [-0.39, 0.29) is 18.0 Å². The van der Waals surface area contributed by atoms with E-state index < -0.39 is 23.0 Å². The smallest absolute Gasteiger partial charge is 0.269 e. The average molecular weight is 1990 g/mol. The number of aliphatic hydroxyl groups excluding tert-OH is 1. The number of H-pyrrole nitrogens is 1. The molecular formula is C75H74Br3I3N18O9. The largest absolute Gasteiger partial charge is 0.491 e. The van der Waals surface area contributed by atoms with Crippen LogP contribution in [-0.2, 0) is 52.4 Å². The molecule has 4 aliphatic rings. The molecule has 108 heavy (non-hydrogen) atoms. The van der Waals surface area contributed by atoms with Crippen LogP contribution in [0.25, 0.3) is 45.6 Å². The fourth-order valence-electron chi connectivity index (χ4n) is 11.7. The maximum Gasteiger partial charge on any atom is 0.269 e. The number of carbonyl (C=O) groups is 2. The number of halogens is 6. The summed E-state index contributed by atoms with van der Waals surface area (Å²) in [6, 6.07) is 23.2. The molecule has 0 radical (unpaired) electrons. The number of benzene rings is 4. The van der Waals surface area contributed by atoms with Crippen LogP contribution in [-0.4, -0.2) is 142 Å². The lowest BCUT2D eigenvalue weighted by Gasteiger charge is -2.11. The van der Waals surface area contributed by atoms with E-state index >= 15 is 0 Å². The molecule has 2 amide bonds. The first-order valence-electron chi connectivity index (χ1n) is 33.5. The van der Waals surface area contributed by atoms with Gasteiger partial charge in [-0.3, -0.25) is 9.59 Å². The molecule has 0 bridgehead atoms. The minimum absolute atomic E-state index is 0.00535. The van der Waals surface area contributed by atoms with Gasteiger partial charge >= 0.3 is 0 Å². The third-order valence-corrected chi connectivity index (χ3v) is 20.7. The average Bonchev–Trinajstić information content (AvgIpc) is 1.64. The maximum atomic E-state index is 12.2. The maximum absolute atomic E-state index is 12.2. The topological polar surface area (TPSA) is 337 Å². The van der Waals surface area contributed by atoms with E-state index in [2.05, 4.69) is 188 Å². The van der Waals surface area contributed by atoms with Crippen molar-refractivity contribution in [3.63, 3.8) is 0 Å². The summed E-state index contributed by atoms with van der Waals surface area (Å²) in [4.78, 5) is 62.2. The number of amides is 2. The van der Waals surface area contributed by atoms with Gasteiger partial charge in [0.1, 0.15) is 109 Å². The molecule has 0 aliphatic carbocycles. The summed E-state index contributed by atoms with van der Waals surface area (Å²) in [5.74, 6) is 15.8. The summed E-state index contributed by atoms with van der Waals surface area (Å²) < 4.78 is 43.4. The Morgan fingerprint density at radius 2 is 0.880 bits per heavy atom. The SMILES string of the molecule is C#CC(C)(C)O.Cc1nccn1Cc1c(C(N)=O)nc2n1CCOc1ccc(Br)cc1-2.Cc1nccn1Cc1c(C(N)=O)nc2n1CCOc1ccc(C#CC(C)(C)O)cc1-2.Cc1nccn1Cc1c(I)nc2n1CCOc1ccc(Br)cc1-2.Ic1ncc[nH]1.OCc1c(I)nc2n1CCOc1ccc(Br)cc1-2. The second-order valence-electron chi connectivity index (χ2n) is 25.5. The van der Waals surface area contributed by atoms with Crippen molar-refractivity contribution in [2.75, 3.05) is 26.4 Å². The van der Waals surface area contributed by atoms with Crippen LogP contribution in [0.15, 0.2) is 136 Å². The van der Waals surface area contributed by atoms with E-state index in [1.165, 1.54) is 5.69 Å². The summed E-state index contributed by atoms with van der Waals surface area (Å²) in [6.45, 7) is 18.6. The van der Waals surface area contributed by atoms with Crippen LogP contribution < -0.4 is 30.4 Å². The first-order valence-corrected chi connectivity index (χ1v) is 39.2. The first-order chi connectivity index (χ1) is 51.6. The van der Waals surface area contributed by atoms with E-state index in [9.17, 15) is 19.8 Å². The minimum Gasteiger partial charge on any atom is -0.491 e. The molecular weight excluding hydrogens is 1920 g/mol. The molecule has 0 atom stereocenters. The number of terminal acetylenes is 1. The number of aromatic amines is 1. The van der Waals surface area contributed by atoms with Crippen LogP contribution in [0.3, 0.4) is 0 Å². The number of carbonyl (C=O) groups excluding carboxylic acids is 2. The van der Waals surface area contributed by atoms with Gasteiger partial charge in [-0.2, -0.15) is 0 Å². The van der Waals surface area contributed by atoms with Crippen LogP contribution in [0, 0.1) is 56.2 Å². The highest BCUT2D eigenvalue weighted by Gasteiger charge is 2.30. The third-order valence-electron chi connectivity index (χ3n) is 16.9. The Balaban J connectivity index is 0.000000137. The highest BCUT2D eigenvalue weighted by molar-refractivity contribution is 14.1. The highest BCUT2D eigenvalue weighted by Crippen LogP contribution is 2.40. The van der Waals surface area contributed by atoms with E-state index in [0.29, 0.717) is 87.8 Å². The van der Waals surface area contributed by atoms with Gasteiger partial charge in [-0.15, -0.1) is 6.42 Å². The van der Waals surface area contributed by atoms with Crippen molar-refractivity contribution in [3.05, 3.63) is 204 Å². The number of nitrogens with zero attached hydrogens (tertiary/aromatic N) is 15. The minimum atomic E-state index is -1.10. The van der Waals surface area contributed by atoms with Gasteiger partial charge < -0.3 is 82.7 Å². The number of nitrogens with two attached hydrogens (primary N) is 2. The van der Waals surface area contributed by atoms with E-state index in [1.54, 1.807) is 52.5 Å². The zero-order valence-corrected chi connectivity index (χ0v) is 70.8. The second-order valence-corrected chi connectivity index (χ2v) is 31.3. The number of aliphatic hydroxyl groups is 3. The van der Waals surface area contributed by atoms with Crippen molar-refractivity contribution in [1.29, 1.82) is 0 Å². The Morgan fingerprint density at radius 1 is 0.528 bits per heavy atom. The number of aromatic nitrogens is 16. The van der Waals surface area contributed by atoms with Gasteiger partial charge in [0.05, 0.1) is 97.4 Å². The van der Waals surface area contributed by atoms with Crippen molar-refractivity contribution in [1.82, 2.24) is 76.8 Å². The number of nitrogens with one attached hydrogen (secondary N) is 1. The molecule has 560 valence electrons. The lowest BCUT2D eigenvalue weighted by atomic mass is 10.1. The zero-order valence-electron chi connectivity index (χ0n) is 59.5. The summed E-state index contributed by atoms with van der Waals surface area (Å²) in [6.07, 6.45) is 19.3. The van der Waals surface area contributed by atoms with Gasteiger partial charge in [-0.1, -0.05) is 65.6 Å². The summed E-state index contributed by atoms with van der Waals surface area (Å²) in [5, 5.41) is 27.9. The molecule has 0 unspecified atom stereocenters. The Kier molecular flexibility index (Phi) is 26.3. The molecule has 0 saturated heterocycles. The molecule has 16 rings (SSSR count). The number of rotatable bonds is 9. The standard InChI is InChI=1S/C22H23N5O3.C17H16BrN5O2.C16H14BrIN4O.C12H10BrIN2O2.C5H8O.C3H3IN2/c1-14-24-8-9-26(14)13-17-19(20(23)28)25-21-16-12-15(6-7-22(2,3)29)4-5-18(16)30-11-10-27(17)21;1-10-20-4-5-22(10)9-13-15(16(19)24)21-17-12-8-11(18)2-3-14(12)25-7-6-23(13)17;1-10-19-4-5-21(10)9-13-15(18)20-16-12-8-11(17)2-3-14(12)23-7-6-22(13)16;13-7-1-2-10-8(5-7)12-15-11(14)9(6-17)16(12)3-4-18-10;1-4-5(2,3)6;4-3-5-1-2-6-3/h4-5,8-9,12,29H,10-11,13H2,1-3H3,(H2,23,28);2-5,8H,6-7,9H2,1H3,(H2,19,24);2-5,8H,6-7,9H2,1H3;1-2,5,17H,3-4,6H2;1,6H,2-3H3;1-2H,(H,5,6). The van der Waals surface area contributed by atoms with E-state index in [0.717, 1.165) is 118 Å². The Morgan fingerprint density at radius 3 is 1.20 bits per heavy atom. The van der Waals surface area contributed by atoms with Gasteiger partial charge in [-0.25, -0.2) is 39.9 Å². The molecule has 33 heteroatoms. The fourth-order valence-corrected chi connectivity index (χ4v) is 14.5. The normalized spacial score (nSPS) is 12.7. The molecule has 0 saturated carbocycles. The third kappa shape index (κ3) is 19.5. The van der Waals surface area contributed by atoms with Gasteiger partial charge in [0, 0.05) is 68.6 Å². The number of ether oxygens (including phenoxy) is 4. The van der Waals surface area contributed by atoms with Crippen molar-refractivity contribution in [2.24, 2.45) is 11.5 Å². The summed E-state index contributed by atoms with van der Waals surface area (Å²) in [5.41, 5.74) is 17.5. The summed E-state index contributed by atoms with van der Waals surface area (Å²) in [7, 11) is 0. The number of hydrogen-bond acceptors (Lipinski definition) is 17. The van der Waals surface area contributed by atoms with Crippen LogP contribution in [0.2, 0.25) is 0 Å². The Bertz CT molecular complexity index is 5370. The lowest BCUT2D eigenvalue weighted by molar-refractivity contribution is 0.0986. The molecule has 4 aromatic carbocycles. The Hall–Kier alpha value is -8.67. The van der Waals surface area contributed by atoms with Crippen LogP contribution >= 0.6 is 116 Å². The molecule has 0 spiro atoms. The van der Waals surface area contributed by atoms with E-state index in [4.69, 9.17) is 46.9 Å². The summed E-state index contributed by atoms with van der Waals surface area (Å²) >= 11 is 17.1. The lowest BCUT2D eigenvalue weighted by Crippen LogP contribution is -2.18. The molecule has 8 N–H and O–H groups in total. The van der Waals surface area contributed by atoms with Crippen LogP contribution in [0.4, 0.5) is 0 Å². The van der Waals surface area contributed by atoms with Crippen molar-refractivity contribution >= 4 is 127 Å². The van der Waals surface area contributed by atoms with Gasteiger partial charge in [0.25, 0.3) is 11.8 Å². The molecule has 12 heterocycles. The van der Waals surface area contributed by atoms with E-state index in [1.807, 2.05) is 135 Å². The van der Waals surface area contributed by atoms with Crippen molar-refractivity contribution in [3.8, 4) is 92.7 Å². The molecule has 8 aromatic heterocycles. The zero-order chi connectivity index (χ0) is 77.3. The monoisotopic (exact) mass is 1990 g/mol. The van der Waals surface area contributed by atoms with Crippen LogP contribution in [0.5, 0.6) is 23.0 Å². The number of hydrogen-bond donors (Lipinski definition) is 6. The van der Waals surface area contributed by atoms with Gasteiger partial charge in [0.15, 0.2) is 15.2 Å². The first kappa shape index (κ1) is 80.3. The second kappa shape index (κ2) is 35.3. The molecule has 27 nitrogen and oxygen atoms in total. The quantitative estimate of drug-likeness (QED) is 0.0577. The van der Waals surface area contributed by atoms with Crippen molar-refractivity contribution in [2.45, 2.75) is 112 Å². The van der Waals surface area contributed by atoms with Crippen LogP contribution in [0.1, 0.15) is 94.5 Å². The predicted molar refractivity (Wildman–Crippen MR) is 442 cm³/mol.